The number of aliphatic carboxylic acids is 1. The summed E-state index contributed by atoms with van der Waals surface area (Å²) in [5, 5.41) is 18.3. The Morgan fingerprint density at radius 1 is 0.893 bits per heavy atom. The summed E-state index contributed by atoms with van der Waals surface area (Å²) in [5.74, 6) is -1.06. The Kier molecular flexibility index (Phi) is 8.82. The monoisotopic (exact) mass is 404 g/mol. The van der Waals surface area contributed by atoms with Gasteiger partial charge in [0.2, 0.25) is 0 Å². The largest absolute Gasteiger partial charge is 0.489 e. The average molecular weight is 405 g/mol. The number of hydrogen-bond donors (Lipinski definition) is 2. The van der Waals surface area contributed by atoms with E-state index in [1.807, 2.05) is 24.3 Å². The Morgan fingerprint density at radius 3 is 2.25 bits per heavy atom. The number of carboxylic acid groups (broad SMARTS) is 2. The number of aromatic carboxylic acids is 1. The first-order valence-corrected chi connectivity index (χ1v) is 9.79. The standard InChI is InChI=1S/C22H25ClO5/c23-18-10-13-20(22(26)27)17(14-18)15-28-19-11-8-16(9-12-19)6-4-2-1-3-5-7-21(24)25/h8-14H,1-7,15H2,(H,24,25)(H,26,27). The van der Waals surface area contributed by atoms with Gasteiger partial charge in [0.15, 0.2) is 0 Å². The van der Waals surface area contributed by atoms with Gasteiger partial charge in [0.25, 0.3) is 0 Å². The maximum atomic E-state index is 11.3. The minimum Gasteiger partial charge on any atom is -0.489 e. The molecule has 2 rings (SSSR count). The van der Waals surface area contributed by atoms with Crippen molar-refractivity contribution in [2.45, 2.75) is 51.6 Å². The number of ether oxygens (including phenoxy) is 1. The molecule has 0 unspecified atom stereocenters. The van der Waals surface area contributed by atoms with E-state index in [9.17, 15) is 14.7 Å². The highest BCUT2D eigenvalue weighted by Gasteiger charge is 2.11. The molecule has 6 heteroatoms. The van der Waals surface area contributed by atoms with Crippen molar-refractivity contribution in [3.05, 3.63) is 64.2 Å². The Labute approximate surface area is 169 Å². The second-order valence-electron chi connectivity index (χ2n) is 6.70. The SMILES string of the molecule is O=C(O)CCCCCCCc1ccc(OCc2cc(Cl)ccc2C(=O)O)cc1. The first kappa shape index (κ1) is 21.8. The van der Waals surface area contributed by atoms with E-state index in [2.05, 4.69) is 0 Å². The van der Waals surface area contributed by atoms with Crippen LogP contribution in [0.25, 0.3) is 0 Å². The number of carboxylic acids is 2. The summed E-state index contributed by atoms with van der Waals surface area (Å²) in [6.45, 7) is 0.137. The van der Waals surface area contributed by atoms with Crippen molar-refractivity contribution in [1.82, 2.24) is 0 Å². The summed E-state index contributed by atoms with van der Waals surface area (Å²) in [4.78, 5) is 21.7. The van der Waals surface area contributed by atoms with Gasteiger partial charge in [0.1, 0.15) is 12.4 Å². The van der Waals surface area contributed by atoms with Crippen LogP contribution in [0.5, 0.6) is 5.75 Å². The van der Waals surface area contributed by atoms with Crippen molar-refractivity contribution in [2.75, 3.05) is 0 Å². The molecule has 0 radical (unpaired) electrons. The molecule has 28 heavy (non-hydrogen) atoms. The molecule has 0 aliphatic heterocycles. The maximum Gasteiger partial charge on any atom is 0.336 e. The van der Waals surface area contributed by atoms with E-state index in [-0.39, 0.29) is 18.6 Å². The third kappa shape index (κ3) is 7.61. The Hall–Kier alpha value is -2.53. The van der Waals surface area contributed by atoms with Crippen molar-refractivity contribution in [2.24, 2.45) is 0 Å². The first-order chi connectivity index (χ1) is 13.5. The molecule has 2 aromatic carbocycles. The molecular weight excluding hydrogens is 380 g/mol. The molecule has 0 aliphatic carbocycles. The molecule has 0 saturated heterocycles. The molecule has 150 valence electrons. The van der Waals surface area contributed by atoms with Crippen molar-refractivity contribution < 1.29 is 24.5 Å². The number of unbranched alkanes of at least 4 members (excludes halogenated alkanes) is 4. The number of benzene rings is 2. The van der Waals surface area contributed by atoms with Crippen LogP contribution in [0.2, 0.25) is 5.02 Å². The quantitative estimate of drug-likeness (QED) is 0.451. The molecule has 0 amide bonds. The van der Waals surface area contributed by atoms with E-state index < -0.39 is 11.9 Å². The predicted molar refractivity (Wildman–Crippen MR) is 108 cm³/mol. The summed E-state index contributed by atoms with van der Waals surface area (Å²) in [6, 6.07) is 12.4. The zero-order valence-electron chi connectivity index (χ0n) is 15.7. The van der Waals surface area contributed by atoms with Crippen LogP contribution in [0, 0.1) is 0 Å². The maximum absolute atomic E-state index is 11.3. The van der Waals surface area contributed by atoms with Gasteiger partial charge < -0.3 is 14.9 Å². The van der Waals surface area contributed by atoms with E-state index in [0.717, 1.165) is 38.5 Å². The normalized spacial score (nSPS) is 10.6. The number of rotatable bonds is 12. The lowest BCUT2D eigenvalue weighted by atomic mass is 10.0. The molecule has 0 aliphatic rings. The highest BCUT2D eigenvalue weighted by atomic mass is 35.5. The Morgan fingerprint density at radius 2 is 1.57 bits per heavy atom. The summed E-state index contributed by atoms with van der Waals surface area (Å²) in [7, 11) is 0. The van der Waals surface area contributed by atoms with Crippen LogP contribution >= 0.6 is 11.6 Å². The number of hydrogen-bond acceptors (Lipinski definition) is 3. The molecule has 0 aromatic heterocycles. The van der Waals surface area contributed by atoms with Gasteiger partial charge in [0.05, 0.1) is 5.56 Å². The molecule has 2 N–H and O–H groups in total. The molecule has 2 aromatic rings. The lowest BCUT2D eigenvalue weighted by Gasteiger charge is -2.10. The topological polar surface area (TPSA) is 83.8 Å². The van der Waals surface area contributed by atoms with Crippen molar-refractivity contribution >= 4 is 23.5 Å². The lowest BCUT2D eigenvalue weighted by molar-refractivity contribution is -0.137. The van der Waals surface area contributed by atoms with Gasteiger partial charge in [-0.05, 0) is 55.2 Å². The van der Waals surface area contributed by atoms with Crippen molar-refractivity contribution in [3.8, 4) is 5.75 Å². The van der Waals surface area contributed by atoms with Gasteiger partial charge in [-0.3, -0.25) is 4.79 Å². The minimum absolute atomic E-state index is 0.137. The van der Waals surface area contributed by atoms with Gasteiger partial charge in [-0.2, -0.15) is 0 Å². The zero-order chi connectivity index (χ0) is 20.4. The van der Waals surface area contributed by atoms with Gasteiger partial charge in [-0.1, -0.05) is 43.0 Å². The highest BCUT2D eigenvalue weighted by molar-refractivity contribution is 6.30. The van der Waals surface area contributed by atoms with Crippen LogP contribution in [-0.2, 0) is 17.8 Å². The van der Waals surface area contributed by atoms with Crippen LogP contribution < -0.4 is 4.74 Å². The minimum atomic E-state index is -1.01. The fourth-order valence-electron chi connectivity index (χ4n) is 2.94. The van der Waals surface area contributed by atoms with E-state index in [4.69, 9.17) is 21.4 Å². The smallest absolute Gasteiger partial charge is 0.336 e. The highest BCUT2D eigenvalue weighted by Crippen LogP contribution is 2.20. The summed E-state index contributed by atoms with van der Waals surface area (Å²) >= 11 is 5.95. The fraction of sp³-hybridized carbons (Fsp3) is 0.364. The number of aryl methyl sites for hydroxylation is 1. The second-order valence-corrected chi connectivity index (χ2v) is 7.14. The third-order valence-corrected chi connectivity index (χ3v) is 4.71. The molecule has 0 bridgehead atoms. The summed E-state index contributed by atoms with van der Waals surface area (Å²) < 4.78 is 5.71. The Balaban J connectivity index is 1.75. The zero-order valence-corrected chi connectivity index (χ0v) is 16.5. The third-order valence-electron chi connectivity index (χ3n) is 4.47. The fourth-order valence-corrected chi connectivity index (χ4v) is 3.13. The Bertz CT molecular complexity index is 786. The van der Waals surface area contributed by atoms with Crippen LogP contribution in [0.4, 0.5) is 0 Å². The van der Waals surface area contributed by atoms with E-state index in [0.29, 0.717) is 16.3 Å². The molecule has 5 nitrogen and oxygen atoms in total. The number of carbonyl (C=O) groups is 2. The molecule has 0 fully saturated rings. The van der Waals surface area contributed by atoms with Gasteiger partial charge >= 0.3 is 11.9 Å². The van der Waals surface area contributed by atoms with Crippen molar-refractivity contribution in [1.29, 1.82) is 0 Å². The van der Waals surface area contributed by atoms with Crippen LogP contribution in [0.15, 0.2) is 42.5 Å². The molecule has 0 spiro atoms. The summed E-state index contributed by atoms with van der Waals surface area (Å²) in [5.41, 5.74) is 1.93. The van der Waals surface area contributed by atoms with Gasteiger partial charge in [-0.25, -0.2) is 4.79 Å². The lowest BCUT2D eigenvalue weighted by Crippen LogP contribution is -2.05. The van der Waals surface area contributed by atoms with E-state index >= 15 is 0 Å². The van der Waals surface area contributed by atoms with E-state index in [1.165, 1.54) is 11.6 Å². The molecule has 0 heterocycles. The van der Waals surface area contributed by atoms with Crippen molar-refractivity contribution in [3.63, 3.8) is 0 Å². The van der Waals surface area contributed by atoms with E-state index in [1.54, 1.807) is 12.1 Å². The van der Waals surface area contributed by atoms with Crippen LogP contribution in [-0.4, -0.2) is 22.2 Å². The van der Waals surface area contributed by atoms with Crippen LogP contribution in [0.1, 0.15) is 60.0 Å². The predicted octanol–water partition coefficient (Wildman–Crippen LogP) is 5.58. The second kappa shape index (κ2) is 11.3. The van der Waals surface area contributed by atoms with Gasteiger partial charge in [0, 0.05) is 17.0 Å². The summed E-state index contributed by atoms with van der Waals surface area (Å²) in [6.07, 6.45) is 6.14. The van der Waals surface area contributed by atoms with Crippen LogP contribution in [0.3, 0.4) is 0 Å². The molecule has 0 saturated carbocycles. The first-order valence-electron chi connectivity index (χ1n) is 9.41. The number of halogens is 1. The molecular formula is C22H25ClO5. The average Bonchev–Trinajstić information content (AvgIpc) is 2.66. The molecule has 0 atom stereocenters. The van der Waals surface area contributed by atoms with Gasteiger partial charge in [-0.15, -0.1) is 0 Å².